The molecule has 6 nitrogen and oxygen atoms in total. The molecular formula is C15H29N5O. The Balaban J connectivity index is 2.05. The van der Waals surface area contributed by atoms with Crippen LogP contribution in [0.4, 0.5) is 11.5 Å². The SMILES string of the molecule is CCCn1nc(C)c(N)c1N1CCN(CC(C)(C)O)CC1. The van der Waals surface area contributed by atoms with Gasteiger partial charge in [0.1, 0.15) is 0 Å². The summed E-state index contributed by atoms with van der Waals surface area (Å²) in [5, 5.41) is 14.5. The van der Waals surface area contributed by atoms with E-state index in [2.05, 4.69) is 21.8 Å². The van der Waals surface area contributed by atoms with Crippen molar-refractivity contribution < 1.29 is 5.11 Å². The van der Waals surface area contributed by atoms with Crippen LogP contribution in [0.1, 0.15) is 32.9 Å². The molecule has 0 saturated carbocycles. The fourth-order valence-electron chi connectivity index (χ4n) is 2.95. The minimum absolute atomic E-state index is 0.637. The molecule has 1 aromatic heterocycles. The molecule has 1 aromatic rings. The molecule has 0 aromatic carbocycles. The number of nitrogens with zero attached hydrogens (tertiary/aromatic N) is 4. The van der Waals surface area contributed by atoms with E-state index in [1.807, 2.05) is 25.5 Å². The number of piperazine rings is 1. The van der Waals surface area contributed by atoms with Crippen molar-refractivity contribution in [2.45, 2.75) is 46.3 Å². The number of hydrogen-bond acceptors (Lipinski definition) is 5. The molecule has 3 N–H and O–H groups in total. The van der Waals surface area contributed by atoms with Crippen molar-refractivity contribution in [1.29, 1.82) is 0 Å². The molecule has 6 heteroatoms. The molecule has 120 valence electrons. The van der Waals surface area contributed by atoms with Crippen LogP contribution in [-0.2, 0) is 6.54 Å². The number of β-amino-alcohol motifs (C(OH)–C–C–N with tert-alkyl or cyclic N) is 1. The van der Waals surface area contributed by atoms with Crippen LogP contribution in [0.3, 0.4) is 0 Å². The van der Waals surface area contributed by atoms with Gasteiger partial charge in [0, 0.05) is 39.3 Å². The molecule has 21 heavy (non-hydrogen) atoms. The molecule has 0 bridgehead atoms. The van der Waals surface area contributed by atoms with Crippen LogP contribution in [0.5, 0.6) is 0 Å². The quantitative estimate of drug-likeness (QED) is 0.850. The highest BCUT2D eigenvalue weighted by atomic mass is 16.3. The Bertz CT molecular complexity index is 469. The summed E-state index contributed by atoms with van der Waals surface area (Å²) in [5.41, 5.74) is 7.30. The summed E-state index contributed by atoms with van der Waals surface area (Å²) in [4.78, 5) is 4.63. The molecular weight excluding hydrogens is 266 g/mol. The maximum atomic E-state index is 9.92. The van der Waals surface area contributed by atoms with E-state index < -0.39 is 5.60 Å². The summed E-state index contributed by atoms with van der Waals surface area (Å²) < 4.78 is 2.04. The Hall–Kier alpha value is -1.27. The van der Waals surface area contributed by atoms with Crippen molar-refractivity contribution in [3.8, 4) is 0 Å². The van der Waals surface area contributed by atoms with E-state index in [0.29, 0.717) is 6.54 Å². The Morgan fingerprint density at radius 3 is 2.38 bits per heavy atom. The van der Waals surface area contributed by atoms with Gasteiger partial charge in [0.25, 0.3) is 0 Å². The van der Waals surface area contributed by atoms with Crippen molar-refractivity contribution in [2.75, 3.05) is 43.4 Å². The Kier molecular flexibility index (Phi) is 4.78. The normalized spacial score (nSPS) is 17.5. The zero-order valence-electron chi connectivity index (χ0n) is 13.8. The Morgan fingerprint density at radius 2 is 1.86 bits per heavy atom. The van der Waals surface area contributed by atoms with Crippen LogP contribution < -0.4 is 10.6 Å². The fourth-order valence-corrected chi connectivity index (χ4v) is 2.95. The van der Waals surface area contributed by atoms with Gasteiger partial charge in [-0.1, -0.05) is 6.92 Å². The fraction of sp³-hybridized carbons (Fsp3) is 0.800. The highest BCUT2D eigenvalue weighted by Crippen LogP contribution is 2.27. The van der Waals surface area contributed by atoms with Gasteiger partial charge in [-0.15, -0.1) is 0 Å². The predicted molar refractivity (Wildman–Crippen MR) is 86.6 cm³/mol. The van der Waals surface area contributed by atoms with Crippen LogP contribution in [-0.4, -0.2) is 58.1 Å². The second kappa shape index (κ2) is 6.23. The standard InChI is InChI=1S/C15H29N5O/c1-5-6-20-14(13(16)12(2)17-20)19-9-7-18(8-10-19)11-15(3,4)21/h21H,5-11,16H2,1-4H3. The summed E-state index contributed by atoms with van der Waals surface area (Å²) in [6.45, 7) is 13.2. The van der Waals surface area contributed by atoms with Crippen LogP contribution in [0.25, 0.3) is 0 Å². The smallest absolute Gasteiger partial charge is 0.150 e. The number of hydrogen-bond donors (Lipinski definition) is 2. The van der Waals surface area contributed by atoms with E-state index in [-0.39, 0.29) is 0 Å². The monoisotopic (exact) mass is 295 g/mol. The third kappa shape index (κ3) is 3.89. The maximum Gasteiger partial charge on any atom is 0.150 e. The maximum absolute atomic E-state index is 9.92. The molecule has 0 spiro atoms. The first-order valence-electron chi connectivity index (χ1n) is 7.84. The third-order valence-electron chi connectivity index (χ3n) is 3.86. The highest BCUT2D eigenvalue weighted by molar-refractivity contribution is 5.66. The molecule has 1 aliphatic rings. The number of rotatable bonds is 5. The number of aryl methyl sites for hydroxylation is 2. The third-order valence-corrected chi connectivity index (χ3v) is 3.86. The van der Waals surface area contributed by atoms with Gasteiger partial charge in [0.15, 0.2) is 5.82 Å². The lowest BCUT2D eigenvalue weighted by Gasteiger charge is -2.38. The van der Waals surface area contributed by atoms with Gasteiger partial charge in [-0.2, -0.15) is 5.10 Å². The second-order valence-corrected chi connectivity index (χ2v) is 6.62. The average molecular weight is 295 g/mol. The minimum Gasteiger partial charge on any atom is -0.394 e. The molecule has 0 unspecified atom stereocenters. The first kappa shape index (κ1) is 16.1. The van der Waals surface area contributed by atoms with Gasteiger partial charge in [-0.05, 0) is 27.2 Å². The molecule has 0 amide bonds. The summed E-state index contributed by atoms with van der Waals surface area (Å²) in [5.74, 6) is 1.07. The lowest BCUT2D eigenvalue weighted by atomic mass is 10.1. The lowest BCUT2D eigenvalue weighted by molar-refractivity contribution is 0.0344. The van der Waals surface area contributed by atoms with Crippen molar-refractivity contribution in [3.63, 3.8) is 0 Å². The number of aromatic nitrogens is 2. The Labute approximate surface area is 127 Å². The highest BCUT2D eigenvalue weighted by Gasteiger charge is 2.26. The van der Waals surface area contributed by atoms with Crippen LogP contribution >= 0.6 is 0 Å². The van der Waals surface area contributed by atoms with Crippen molar-refractivity contribution in [1.82, 2.24) is 14.7 Å². The molecule has 1 fully saturated rings. The van der Waals surface area contributed by atoms with Gasteiger partial charge in [-0.3, -0.25) is 4.90 Å². The van der Waals surface area contributed by atoms with E-state index >= 15 is 0 Å². The van der Waals surface area contributed by atoms with E-state index in [1.165, 1.54) is 0 Å². The van der Waals surface area contributed by atoms with Crippen molar-refractivity contribution in [2.24, 2.45) is 0 Å². The molecule has 0 radical (unpaired) electrons. The van der Waals surface area contributed by atoms with E-state index in [1.54, 1.807) is 0 Å². The number of nitrogens with two attached hydrogens (primary N) is 1. The lowest BCUT2D eigenvalue weighted by Crippen LogP contribution is -2.51. The summed E-state index contributed by atoms with van der Waals surface area (Å²) in [7, 11) is 0. The van der Waals surface area contributed by atoms with E-state index in [0.717, 1.165) is 56.3 Å². The van der Waals surface area contributed by atoms with E-state index in [4.69, 9.17) is 5.73 Å². The Morgan fingerprint density at radius 1 is 1.24 bits per heavy atom. The minimum atomic E-state index is -0.637. The van der Waals surface area contributed by atoms with Crippen LogP contribution in [0.15, 0.2) is 0 Å². The topological polar surface area (TPSA) is 70.6 Å². The molecule has 2 heterocycles. The average Bonchev–Trinajstić information content (AvgIpc) is 2.65. The first-order valence-corrected chi connectivity index (χ1v) is 7.84. The van der Waals surface area contributed by atoms with Crippen LogP contribution in [0.2, 0.25) is 0 Å². The zero-order chi connectivity index (χ0) is 15.6. The van der Waals surface area contributed by atoms with Crippen molar-refractivity contribution in [3.05, 3.63) is 5.69 Å². The predicted octanol–water partition coefficient (Wildman–Crippen LogP) is 1.08. The summed E-state index contributed by atoms with van der Waals surface area (Å²) >= 11 is 0. The zero-order valence-corrected chi connectivity index (χ0v) is 13.8. The number of aliphatic hydroxyl groups is 1. The van der Waals surface area contributed by atoms with Gasteiger partial charge >= 0.3 is 0 Å². The van der Waals surface area contributed by atoms with Crippen LogP contribution in [0, 0.1) is 6.92 Å². The summed E-state index contributed by atoms with van der Waals surface area (Å²) in [6.07, 6.45) is 1.05. The molecule has 2 rings (SSSR count). The van der Waals surface area contributed by atoms with Gasteiger partial charge in [0.05, 0.1) is 17.0 Å². The largest absolute Gasteiger partial charge is 0.394 e. The first-order chi connectivity index (χ1) is 9.81. The van der Waals surface area contributed by atoms with Gasteiger partial charge in [0.2, 0.25) is 0 Å². The molecule has 0 aliphatic carbocycles. The second-order valence-electron chi connectivity index (χ2n) is 6.62. The molecule has 1 aliphatic heterocycles. The summed E-state index contributed by atoms with van der Waals surface area (Å²) in [6, 6.07) is 0. The molecule has 1 saturated heterocycles. The number of anilines is 2. The van der Waals surface area contributed by atoms with E-state index in [9.17, 15) is 5.11 Å². The van der Waals surface area contributed by atoms with Gasteiger partial charge < -0.3 is 15.7 Å². The van der Waals surface area contributed by atoms with Gasteiger partial charge in [-0.25, -0.2) is 4.68 Å². The molecule has 0 atom stereocenters. The number of nitrogen functional groups attached to an aromatic ring is 1. The van der Waals surface area contributed by atoms with Crippen molar-refractivity contribution >= 4 is 11.5 Å².